The number of ether oxygens (including phenoxy) is 1. The quantitative estimate of drug-likeness (QED) is 0.295. The van der Waals surface area contributed by atoms with Crippen molar-refractivity contribution >= 4 is 49.8 Å². The van der Waals surface area contributed by atoms with Gasteiger partial charge in [-0.3, -0.25) is 4.79 Å². The molecule has 0 bridgehead atoms. The predicted octanol–water partition coefficient (Wildman–Crippen LogP) is 3.02. The SMILES string of the molecule is C=CC(=O)N1CCC[C@H]1c1ccc(N2CC(CS(C)(=O)=O)C2)c2cnc(Nc3ccnc(N4CC[C@@H](OCCO)[C@@H](F)C4)n3)cc12. The van der Waals surface area contributed by atoms with Crippen LogP contribution in [0.2, 0.25) is 0 Å². The Morgan fingerprint density at radius 1 is 1.13 bits per heavy atom. The molecule has 1 aromatic carbocycles. The number of aromatic nitrogens is 3. The zero-order valence-electron chi connectivity index (χ0n) is 25.9. The summed E-state index contributed by atoms with van der Waals surface area (Å²) in [6, 6.07) is 7.68. The van der Waals surface area contributed by atoms with Crippen LogP contribution in [0.1, 0.15) is 30.9 Å². The summed E-state index contributed by atoms with van der Waals surface area (Å²) in [5, 5.41) is 14.1. The van der Waals surface area contributed by atoms with Crippen molar-refractivity contribution in [3.05, 3.63) is 54.9 Å². The van der Waals surface area contributed by atoms with Gasteiger partial charge in [-0.15, -0.1) is 0 Å². The summed E-state index contributed by atoms with van der Waals surface area (Å²) in [5.74, 6) is 1.57. The van der Waals surface area contributed by atoms with Gasteiger partial charge in [-0.2, -0.15) is 4.98 Å². The topological polar surface area (TPSA) is 141 Å². The number of fused-ring (bicyclic) bond motifs is 1. The number of likely N-dealkylation sites (tertiary alicyclic amines) is 1. The fourth-order valence-electron chi connectivity index (χ4n) is 6.81. The van der Waals surface area contributed by atoms with Crippen LogP contribution in [0, 0.1) is 5.92 Å². The number of carbonyl (C=O) groups excluding carboxylic acids is 1. The molecule has 246 valence electrons. The minimum absolute atomic E-state index is 0.0765. The lowest BCUT2D eigenvalue weighted by Crippen LogP contribution is -2.49. The average molecular weight is 654 g/mol. The minimum atomic E-state index is -3.06. The maximum absolute atomic E-state index is 14.8. The van der Waals surface area contributed by atoms with E-state index in [0.717, 1.165) is 34.9 Å². The van der Waals surface area contributed by atoms with Gasteiger partial charge in [0.25, 0.3) is 0 Å². The number of amides is 1. The molecule has 5 heterocycles. The van der Waals surface area contributed by atoms with Crippen molar-refractivity contribution in [3.8, 4) is 0 Å². The van der Waals surface area contributed by atoms with Gasteiger partial charge < -0.3 is 29.9 Å². The van der Waals surface area contributed by atoms with Crippen LogP contribution in [0.3, 0.4) is 0 Å². The molecule has 14 heteroatoms. The molecule has 46 heavy (non-hydrogen) atoms. The Kier molecular flexibility index (Phi) is 9.39. The van der Waals surface area contributed by atoms with Crippen molar-refractivity contribution in [1.82, 2.24) is 19.9 Å². The highest BCUT2D eigenvalue weighted by atomic mass is 32.2. The van der Waals surface area contributed by atoms with E-state index < -0.39 is 22.1 Å². The lowest BCUT2D eigenvalue weighted by atomic mass is 9.94. The summed E-state index contributed by atoms with van der Waals surface area (Å²) in [6.45, 7) is 6.19. The molecule has 3 aromatic rings. The third-order valence-corrected chi connectivity index (χ3v) is 9.98. The maximum atomic E-state index is 14.8. The van der Waals surface area contributed by atoms with Crippen LogP contribution >= 0.6 is 0 Å². The van der Waals surface area contributed by atoms with Gasteiger partial charge in [-0.25, -0.2) is 22.8 Å². The number of hydrogen-bond donors (Lipinski definition) is 2. The highest BCUT2D eigenvalue weighted by Crippen LogP contribution is 2.41. The summed E-state index contributed by atoms with van der Waals surface area (Å²) in [6.07, 6.45) is 6.42. The normalized spacial score (nSPS) is 22.2. The van der Waals surface area contributed by atoms with Gasteiger partial charge in [-0.1, -0.05) is 12.6 Å². The number of sulfone groups is 1. The molecule has 3 saturated heterocycles. The van der Waals surface area contributed by atoms with Crippen molar-refractivity contribution in [2.75, 3.05) is 73.1 Å². The standard InChI is InChI=1S/C32H40FN7O5S/c1-3-31(42)40-11-4-5-27(40)22-6-7-26(39-17-21(18-39)20-46(2,43)44)24-16-35-30(15-23(22)24)36-29-8-10-34-32(37-29)38-12-9-28(25(33)19-38)45-14-13-41/h3,6-8,10,15-16,21,25,27-28,41H,1,4-5,9,11-14,17-20H2,2H3,(H,34,35,36,37)/t25-,27-,28+/m0/s1. The highest BCUT2D eigenvalue weighted by molar-refractivity contribution is 7.90. The third-order valence-electron chi connectivity index (χ3n) is 8.90. The van der Waals surface area contributed by atoms with Gasteiger partial charge >= 0.3 is 0 Å². The van der Waals surface area contributed by atoms with E-state index in [1.165, 1.54) is 12.3 Å². The van der Waals surface area contributed by atoms with E-state index in [9.17, 15) is 17.6 Å². The summed E-state index contributed by atoms with van der Waals surface area (Å²) >= 11 is 0. The van der Waals surface area contributed by atoms with Crippen LogP contribution < -0.4 is 15.1 Å². The summed E-state index contributed by atoms with van der Waals surface area (Å²) in [7, 11) is -3.06. The number of benzene rings is 1. The molecular weight excluding hydrogens is 613 g/mol. The molecule has 0 saturated carbocycles. The monoisotopic (exact) mass is 653 g/mol. The minimum Gasteiger partial charge on any atom is -0.394 e. The van der Waals surface area contributed by atoms with E-state index in [1.807, 2.05) is 23.2 Å². The van der Waals surface area contributed by atoms with Gasteiger partial charge in [0, 0.05) is 61.8 Å². The molecule has 3 aliphatic rings. The lowest BCUT2D eigenvalue weighted by Gasteiger charge is -2.41. The molecule has 6 rings (SSSR count). The summed E-state index contributed by atoms with van der Waals surface area (Å²) in [5.41, 5.74) is 1.98. The molecule has 0 spiro atoms. The zero-order chi connectivity index (χ0) is 32.4. The molecule has 12 nitrogen and oxygen atoms in total. The van der Waals surface area contributed by atoms with Crippen molar-refractivity contribution in [1.29, 1.82) is 0 Å². The fourth-order valence-corrected chi connectivity index (χ4v) is 7.88. The van der Waals surface area contributed by atoms with Gasteiger partial charge in [-0.05, 0) is 54.5 Å². The Balaban J connectivity index is 1.27. The van der Waals surface area contributed by atoms with Crippen LogP contribution in [0.25, 0.3) is 10.8 Å². The second-order valence-corrected chi connectivity index (χ2v) is 14.5. The Bertz CT molecular complexity index is 1700. The van der Waals surface area contributed by atoms with E-state index in [0.29, 0.717) is 50.2 Å². The number of anilines is 4. The third kappa shape index (κ3) is 6.93. The van der Waals surface area contributed by atoms with E-state index in [2.05, 4.69) is 32.8 Å². The number of nitrogens with one attached hydrogen (secondary N) is 1. The van der Waals surface area contributed by atoms with Crippen LogP contribution in [0.4, 0.5) is 27.7 Å². The molecule has 3 atom stereocenters. The van der Waals surface area contributed by atoms with Gasteiger partial charge in [0.15, 0.2) is 0 Å². The number of nitrogens with zero attached hydrogens (tertiary/aromatic N) is 6. The second kappa shape index (κ2) is 13.5. The number of aliphatic hydroxyl groups excluding tert-OH is 1. The molecule has 2 N–H and O–H groups in total. The predicted molar refractivity (Wildman–Crippen MR) is 175 cm³/mol. The number of hydrogen-bond acceptors (Lipinski definition) is 11. The average Bonchev–Trinajstić information content (AvgIpc) is 3.51. The largest absolute Gasteiger partial charge is 0.394 e. The maximum Gasteiger partial charge on any atom is 0.246 e. The summed E-state index contributed by atoms with van der Waals surface area (Å²) < 4.78 is 43.9. The number of aliphatic hydroxyl groups is 1. The van der Waals surface area contributed by atoms with E-state index in [4.69, 9.17) is 14.8 Å². The van der Waals surface area contributed by atoms with Crippen molar-refractivity contribution in [2.24, 2.45) is 5.92 Å². The number of halogens is 1. The number of carbonyl (C=O) groups is 1. The number of rotatable bonds is 11. The molecule has 0 unspecified atom stereocenters. The Morgan fingerprint density at radius 3 is 2.70 bits per heavy atom. The molecule has 0 radical (unpaired) electrons. The first-order valence-corrected chi connectivity index (χ1v) is 17.7. The fraction of sp³-hybridized carbons (Fsp3) is 0.500. The number of piperidine rings is 1. The Hall–Kier alpha value is -3.88. The Morgan fingerprint density at radius 2 is 1.96 bits per heavy atom. The van der Waals surface area contributed by atoms with Crippen molar-refractivity contribution < 1.29 is 27.4 Å². The van der Waals surface area contributed by atoms with Crippen LogP contribution in [-0.4, -0.2) is 110 Å². The van der Waals surface area contributed by atoms with Gasteiger partial charge in [0.05, 0.1) is 37.7 Å². The van der Waals surface area contributed by atoms with E-state index >= 15 is 0 Å². The zero-order valence-corrected chi connectivity index (χ0v) is 26.7. The van der Waals surface area contributed by atoms with Crippen molar-refractivity contribution in [2.45, 2.75) is 37.6 Å². The first kappa shape index (κ1) is 32.1. The molecule has 2 aromatic heterocycles. The number of alkyl halides is 1. The van der Waals surface area contributed by atoms with E-state index in [1.54, 1.807) is 17.2 Å². The molecule has 3 aliphatic heterocycles. The smallest absolute Gasteiger partial charge is 0.246 e. The molecule has 1 amide bonds. The van der Waals surface area contributed by atoms with Crippen molar-refractivity contribution in [3.63, 3.8) is 0 Å². The second-order valence-electron chi connectivity index (χ2n) is 12.3. The van der Waals surface area contributed by atoms with E-state index in [-0.39, 0.29) is 43.4 Å². The molecular formula is C32H40FN7O5S. The lowest BCUT2D eigenvalue weighted by molar-refractivity contribution is -0.126. The van der Waals surface area contributed by atoms with Crippen LogP contribution in [0.5, 0.6) is 0 Å². The first-order chi connectivity index (χ1) is 22.1. The molecule has 3 fully saturated rings. The van der Waals surface area contributed by atoms with Gasteiger partial charge in [0.1, 0.15) is 27.6 Å². The van der Waals surface area contributed by atoms with Crippen LogP contribution in [0.15, 0.2) is 49.3 Å². The first-order valence-electron chi connectivity index (χ1n) is 15.6. The van der Waals surface area contributed by atoms with Crippen LogP contribution in [-0.2, 0) is 19.4 Å². The van der Waals surface area contributed by atoms with Gasteiger partial charge in [0.2, 0.25) is 11.9 Å². The summed E-state index contributed by atoms with van der Waals surface area (Å²) in [4.78, 5) is 32.3. The highest BCUT2D eigenvalue weighted by Gasteiger charge is 2.34. The Labute approximate surface area is 268 Å². The number of pyridine rings is 1. The molecule has 0 aliphatic carbocycles.